The maximum absolute atomic E-state index is 2.52. The van der Waals surface area contributed by atoms with E-state index in [1.54, 1.807) is 0 Å². The van der Waals surface area contributed by atoms with Crippen molar-refractivity contribution in [3.05, 3.63) is 0 Å². The van der Waals surface area contributed by atoms with Crippen LogP contribution in [0.4, 0.5) is 0 Å². The summed E-state index contributed by atoms with van der Waals surface area (Å²) in [5, 5.41) is 0. The van der Waals surface area contributed by atoms with Crippen molar-refractivity contribution < 1.29 is 0 Å². The van der Waals surface area contributed by atoms with Gasteiger partial charge in [-0.3, -0.25) is 9.80 Å². The Hall–Kier alpha value is -0.0800. The molecule has 0 radical (unpaired) electrons. The van der Waals surface area contributed by atoms with Gasteiger partial charge in [0, 0.05) is 18.6 Å². The summed E-state index contributed by atoms with van der Waals surface area (Å²) in [6.07, 6.45) is 0. The van der Waals surface area contributed by atoms with Crippen molar-refractivity contribution in [1.82, 2.24) is 9.80 Å². The minimum Gasteiger partial charge on any atom is -0.289 e. The van der Waals surface area contributed by atoms with Crippen LogP contribution in [-0.2, 0) is 0 Å². The Bertz CT molecular complexity index is 126. The highest BCUT2D eigenvalue weighted by molar-refractivity contribution is 4.81. The molecule has 0 aromatic heterocycles. The summed E-state index contributed by atoms with van der Waals surface area (Å²) >= 11 is 0. The molecule has 0 spiro atoms. The highest BCUT2D eigenvalue weighted by atomic mass is 15.4. The number of hydrogen-bond donors (Lipinski definition) is 0. The molecule has 11 heavy (non-hydrogen) atoms. The fraction of sp³-hybridized carbons (Fsp3) is 1.00. The molecule has 0 aromatic carbocycles. The number of rotatable bonds is 1. The van der Waals surface area contributed by atoms with Crippen molar-refractivity contribution in [2.45, 2.75) is 33.2 Å². The second kappa shape index (κ2) is 3.11. The van der Waals surface area contributed by atoms with Crippen LogP contribution in [0.1, 0.15) is 27.7 Å². The van der Waals surface area contributed by atoms with Crippen LogP contribution in [0.15, 0.2) is 0 Å². The molecule has 1 saturated heterocycles. The molecule has 0 aliphatic carbocycles. The lowest BCUT2D eigenvalue weighted by Crippen LogP contribution is -2.40. The molecule has 1 aliphatic heterocycles. The van der Waals surface area contributed by atoms with E-state index < -0.39 is 0 Å². The zero-order chi connectivity index (χ0) is 8.48. The van der Waals surface area contributed by atoms with Gasteiger partial charge in [-0.1, -0.05) is 6.92 Å². The molecule has 0 bridgehead atoms. The SMILES string of the molecule is CCN1CCN(C(C)(C)C)C1. The largest absolute Gasteiger partial charge is 0.289 e. The van der Waals surface area contributed by atoms with Gasteiger partial charge in [0.1, 0.15) is 0 Å². The summed E-state index contributed by atoms with van der Waals surface area (Å²) in [7, 11) is 0. The Morgan fingerprint density at radius 3 is 2.09 bits per heavy atom. The minimum atomic E-state index is 0.351. The lowest BCUT2D eigenvalue weighted by Gasteiger charge is -2.31. The van der Waals surface area contributed by atoms with Gasteiger partial charge in [-0.15, -0.1) is 0 Å². The van der Waals surface area contributed by atoms with E-state index in [1.165, 1.54) is 19.6 Å². The standard InChI is InChI=1S/C9H20N2/c1-5-10-6-7-11(8-10)9(2,3)4/h5-8H2,1-4H3. The fourth-order valence-electron chi connectivity index (χ4n) is 1.45. The Morgan fingerprint density at radius 1 is 1.18 bits per heavy atom. The third-order valence-corrected chi connectivity index (χ3v) is 2.45. The zero-order valence-corrected chi connectivity index (χ0v) is 8.22. The van der Waals surface area contributed by atoms with Gasteiger partial charge < -0.3 is 0 Å². The van der Waals surface area contributed by atoms with Crippen LogP contribution in [0.5, 0.6) is 0 Å². The topological polar surface area (TPSA) is 6.48 Å². The molecule has 66 valence electrons. The molecule has 1 fully saturated rings. The van der Waals surface area contributed by atoms with Crippen molar-refractivity contribution in [3.63, 3.8) is 0 Å². The Morgan fingerprint density at radius 2 is 1.82 bits per heavy atom. The molecule has 2 nitrogen and oxygen atoms in total. The highest BCUT2D eigenvalue weighted by Gasteiger charge is 2.27. The third kappa shape index (κ3) is 2.17. The average Bonchev–Trinajstić information content (AvgIpc) is 2.32. The maximum atomic E-state index is 2.52. The van der Waals surface area contributed by atoms with E-state index in [0.717, 1.165) is 6.67 Å². The fourth-order valence-corrected chi connectivity index (χ4v) is 1.45. The maximum Gasteiger partial charge on any atom is 0.0511 e. The van der Waals surface area contributed by atoms with Crippen LogP contribution in [0.3, 0.4) is 0 Å². The predicted molar refractivity (Wildman–Crippen MR) is 48.6 cm³/mol. The summed E-state index contributed by atoms with van der Waals surface area (Å²) in [6, 6.07) is 0. The van der Waals surface area contributed by atoms with E-state index in [-0.39, 0.29) is 0 Å². The van der Waals surface area contributed by atoms with Crippen molar-refractivity contribution in [3.8, 4) is 0 Å². The van der Waals surface area contributed by atoms with E-state index in [2.05, 4.69) is 37.5 Å². The normalized spacial score (nSPS) is 22.9. The number of hydrogen-bond acceptors (Lipinski definition) is 2. The van der Waals surface area contributed by atoms with E-state index >= 15 is 0 Å². The van der Waals surface area contributed by atoms with Gasteiger partial charge in [-0.05, 0) is 27.3 Å². The predicted octanol–water partition coefficient (Wildman–Crippen LogP) is 1.38. The van der Waals surface area contributed by atoms with Crippen molar-refractivity contribution >= 4 is 0 Å². The molecule has 1 aliphatic rings. The summed E-state index contributed by atoms with van der Waals surface area (Å²) in [4.78, 5) is 5.00. The monoisotopic (exact) mass is 156 g/mol. The number of likely N-dealkylation sites (N-methyl/N-ethyl adjacent to an activating group) is 1. The molecule has 1 heterocycles. The van der Waals surface area contributed by atoms with Crippen molar-refractivity contribution in [2.24, 2.45) is 0 Å². The first-order chi connectivity index (χ1) is 5.04. The molecule has 0 amide bonds. The van der Waals surface area contributed by atoms with Gasteiger partial charge >= 0.3 is 0 Å². The van der Waals surface area contributed by atoms with Crippen molar-refractivity contribution in [2.75, 3.05) is 26.3 Å². The van der Waals surface area contributed by atoms with Crippen LogP contribution < -0.4 is 0 Å². The van der Waals surface area contributed by atoms with E-state index in [0.29, 0.717) is 5.54 Å². The second-order valence-electron chi connectivity index (χ2n) is 4.29. The molecule has 0 N–H and O–H groups in total. The van der Waals surface area contributed by atoms with Gasteiger partial charge in [0.15, 0.2) is 0 Å². The van der Waals surface area contributed by atoms with Crippen LogP contribution in [-0.4, -0.2) is 41.6 Å². The highest BCUT2D eigenvalue weighted by Crippen LogP contribution is 2.17. The minimum absolute atomic E-state index is 0.351. The zero-order valence-electron chi connectivity index (χ0n) is 8.22. The van der Waals surface area contributed by atoms with Crippen LogP contribution >= 0.6 is 0 Å². The van der Waals surface area contributed by atoms with Gasteiger partial charge in [0.05, 0.1) is 6.67 Å². The molecule has 0 atom stereocenters. The lowest BCUT2D eigenvalue weighted by atomic mass is 10.1. The lowest BCUT2D eigenvalue weighted by molar-refractivity contribution is 0.142. The van der Waals surface area contributed by atoms with Crippen LogP contribution in [0, 0.1) is 0 Å². The molecule has 1 rings (SSSR count). The number of nitrogens with zero attached hydrogens (tertiary/aromatic N) is 2. The van der Waals surface area contributed by atoms with Crippen molar-refractivity contribution in [1.29, 1.82) is 0 Å². The Balaban J connectivity index is 2.42. The Labute approximate surface area is 70.2 Å². The first-order valence-electron chi connectivity index (χ1n) is 4.51. The second-order valence-corrected chi connectivity index (χ2v) is 4.29. The van der Waals surface area contributed by atoms with E-state index in [9.17, 15) is 0 Å². The van der Waals surface area contributed by atoms with Gasteiger partial charge in [0.25, 0.3) is 0 Å². The molecular formula is C9H20N2. The summed E-state index contributed by atoms with van der Waals surface area (Å²) < 4.78 is 0. The van der Waals surface area contributed by atoms with Gasteiger partial charge in [-0.2, -0.15) is 0 Å². The van der Waals surface area contributed by atoms with Gasteiger partial charge in [0.2, 0.25) is 0 Å². The Kier molecular flexibility index (Phi) is 2.55. The average molecular weight is 156 g/mol. The van der Waals surface area contributed by atoms with Gasteiger partial charge in [-0.25, -0.2) is 0 Å². The smallest absolute Gasteiger partial charge is 0.0511 e. The first kappa shape index (κ1) is 9.01. The van der Waals surface area contributed by atoms with Crippen LogP contribution in [0.25, 0.3) is 0 Å². The summed E-state index contributed by atoms with van der Waals surface area (Å²) in [5.41, 5.74) is 0.351. The van der Waals surface area contributed by atoms with Crippen LogP contribution in [0.2, 0.25) is 0 Å². The molecule has 0 aromatic rings. The van der Waals surface area contributed by atoms with E-state index in [1.807, 2.05) is 0 Å². The molecule has 0 saturated carbocycles. The summed E-state index contributed by atoms with van der Waals surface area (Å²) in [6.45, 7) is 13.9. The summed E-state index contributed by atoms with van der Waals surface area (Å²) in [5.74, 6) is 0. The quantitative estimate of drug-likeness (QED) is 0.566. The first-order valence-corrected chi connectivity index (χ1v) is 4.51. The molecule has 0 unspecified atom stereocenters. The molecule has 2 heteroatoms. The third-order valence-electron chi connectivity index (χ3n) is 2.45. The molecular weight excluding hydrogens is 136 g/mol. The van der Waals surface area contributed by atoms with E-state index in [4.69, 9.17) is 0 Å².